The molecule has 2 aromatic rings. The molecule has 0 aliphatic heterocycles. The van der Waals surface area contributed by atoms with Gasteiger partial charge in [0.25, 0.3) is 5.22 Å². The Morgan fingerprint density at radius 1 is 1.38 bits per heavy atom. The molecule has 2 heterocycles. The summed E-state index contributed by atoms with van der Waals surface area (Å²) in [7, 11) is 0. The maximum absolute atomic E-state index is 7.34. The molecule has 2 rings (SSSR count). The van der Waals surface area contributed by atoms with Crippen molar-refractivity contribution >= 4 is 17.6 Å². The average molecular weight is 236 g/mol. The number of nitrogens with one attached hydrogen (secondary N) is 1. The highest BCUT2D eigenvalue weighted by atomic mass is 32.2. The van der Waals surface area contributed by atoms with Gasteiger partial charge in [0.2, 0.25) is 5.89 Å². The Labute approximate surface area is 95.0 Å². The minimum absolute atomic E-state index is 0.146. The molecule has 0 aliphatic carbocycles. The van der Waals surface area contributed by atoms with E-state index >= 15 is 0 Å². The summed E-state index contributed by atoms with van der Waals surface area (Å²) >= 11 is 1.13. The van der Waals surface area contributed by atoms with Crippen molar-refractivity contribution in [2.24, 2.45) is 5.73 Å². The Kier molecular flexibility index (Phi) is 2.82. The number of aryl methyl sites for hydroxylation is 1. The van der Waals surface area contributed by atoms with Crippen molar-refractivity contribution in [2.45, 2.75) is 17.2 Å². The highest BCUT2D eigenvalue weighted by Gasteiger charge is 2.13. The molecular formula is C8H8N6OS. The van der Waals surface area contributed by atoms with Crippen LogP contribution in [0.3, 0.4) is 0 Å². The molecule has 0 amide bonds. The highest BCUT2D eigenvalue weighted by molar-refractivity contribution is 7.99. The van der Waals surface area contributed by atoms with Crippen LogP contribution in [0.1, 0.15) is 11.6 Å². The largest absolute Gasteiger partial charge is 0.416 e. The van der Waals surface area contributed by atoms with Gasteiger partial charge in [-0.1, -0.05) is 0 Å². The number of amidine groups is 1. The molecule has 0 radical (unpaired) electrons. The van der Waals surface area contributed by atoms with Gasteiger partial charge in [-0.3, -0.25) is 5.41 Å². The summed E-state index contributed by atoms with van der Waals surface area (Å²) in [6, 6.07) is 0. The van der Waals surface area contributed by atoms with E-state index in [0.29, 0.717) is 21.8 Å². The predicted octanol–water partition coefficient (Wildman–Crippen LogP) is 0.603. The first-order valence-electron chi connectivity index (χ1n) is 4.30. The molecule has 7 nitrogen and oxygen atoms in total. The standard InChI is InChI=1S/C8H8N6OS/c1-4-13-14-8(15-4)16-7-5(6(9)10)11-2-3-12-7/h2-3H,1H3,(H3,9,10). The second kappa shape index (κ2) is 4.27. The van der Waals surface area contributed by atoms with Crippen molar-refractivity contribution in [1.82, 2.24) is 20.2 Å². The van der Waals surface area contributed by atoms with Crippen molar-refractivity contribution < 1.29 is 4.42 Å². The summed E-state index contributed by atoms with van der Waals surface area (Å²) < 4.78 is 5.18. The topological polar surface area (TPSA) is 115 Å². The zero-order valence-corrected chi connectivity index (χ0v) is 9.15. The lowest BCUT2D eigenvalue weighted by Gasteiger charge is -2.01. The first-order valence-corrected chi connectivity index (χ1v) is 5.12. The van der Waals surface area contributed by atoms with E-state index in [9.17, 15) is 0 Å². The fourth-order valence-electron chi connectivity index (χ4n) is 0.987. The van der Waals surface area contributed by atoms with Gasteiger partial charge in [0.1, 0.15) is 16.6 Å². The number of nitrogens with two attached hydrogens (primary N) is 1. The molecular weight excluding hydrogens is 228 g/mol. The van der Waals surface area contributed by atoms with Crippen molar-refractivity contribution in [3.05, 3.63) is 24.0 Å². The van der Waals surface area contributed by atoms with E-state index in [-0.39, 0.29) is 5.84 Å². The highest BCUT2D eigenvalue weighted by Crippen LogP contribution is 2.25. The Balaban J connectivity index is 2.31. The van der Waals surface area contributed by atoms with Gasteiger partial charge in [0.15, 0.2) is 0 Å². The van der Waals surface area contributed by atoms with Gasteiger partial charge in [0, 0.05) is 19.3 Å². The number of nitrogens with zero attached hydrogens (tertiary/aromatic N) is 4. The van der Waals surface area contributed by atoms with Crippen LogP contribution in [0.5, 0.6) is 0 Å². The monoisotopic (exact) mass is 236 g/mol. The van der Waals surface area contributed by atoms with Gasteiger partial charge in [-0.25, -0.2) is 9.97 Å². The second-order valence-corrected chi connectivity index (χ2v) is 3.75. The molecule has 0 saturated heterocycles. The summed E-state index contributed by atoms with van der Waals surface area (Å²) in [5.74, 6) is 0.322. The smallest absolute Gasteiger partial charge is 0.283 e. The molecule has 0 aromatic carbocycles. The van der Waals surface area contributed by atoms with Crippen LogP contribution in [0.25, 0.3) is 0 Å². The Bertz CT molecular complexity index is 525. The normalized spacial score (nSPS) is 10.3. The zero-order valence-electron chi connectivity index (χ0n) is 8.34. The van der Waals surface area contributed by atoms with Gasteiger partial charge in [0.05, 0.1) is 0 Å². The van der Waals surface area contributed by atoms with Crippen molar-refractivity contribution in [1.29, 1.82) is 5.41 Å². The average Bonchev–Trinajstić information content (AvgIpc) is 2.64. The minimum atomic E-state index is -0.146. The van der Waals surface area contributed by atoms with E-state index in [2.05, 4.69) is 20.2 Å². The molecule has 0 atom stereocenters. The summed E-state index contributed by atoms with van der Waals surface area (Å²) in [4.78, 5) is 8.01. The Hall–Kier alpha value is -1.96. The first kappa shape index (κ1) is 10.6. The molecule has 2 aromatic heterocycles. The Morgan fingerprint density at radius 3 is 2.75 bits per heavy atom. The van der Waals surface area contributed by atoms with Crippen molar-refractivity contribution in [3.63, 3.8) is 0 Å². The van der Waals surface area contributed by atoms with Gasteiger partial charge < -0.3 is 10.2 Å². The molecule has 16 heavy (non-hydrogen) atoms. The lowest BCUT2D eigenvalue weighted by Crippen LogP contribution is -2.14. The van der Waals surface area contributed by atoms with Crippen LogP contribution < -0.4 is 5.73 Å². The van der Waals surface area contributed by atoms with E-state index in [0.717, 1.165) is 11.8 Å². The summed E-state index contributed by atoms with van der Waals surface area (Å²) in [6.07, 6.45) is 2.98. The third-order valence-corrected chi connectivity index (χ3v) is 2.44. The number of nitrogen functional groups attached to an aromatic ring is 1. The number of hydrogen-bond donors (Lipinski definition) is 2. The number of aromatic nitrogens is 4. The van der Waals surface area contributed by atoms with Crippen LogP contribution in [-0.4, -0.2) is 26.0 Å². The summed E-state index contributed by atoms with van der Waals surface area (Å²) in [5.41, 5.74) is 5.68. The molecule has 0 spiro atoms. The molecule has 8 heteroatoms. The fraction of sp³-hybridized carbons (Fsp3) is 0.125. The van der Waals surface area contributed by atoms with E-state index in [1.165, 1.54) is 12.4 Å². The van der Waals surface area contributed by atoms with E-state index < -0.39 is 0 Å². The summed E-state index contributed by atoms with van der Waals surface area (Å²) in [5, 5.41) is 15.7. The molecule has 0 bridgehead atoms. The van der Waals surface area contributed by atoms with Gasteiger partial charge >= 0.3 is 0 Å². The maximum Gasteiger partial charge on any atom is 0.283 e. The number of hydrogen-bond acceptors (Lipinski definition) is 7. The minimum Gasteiger partial charge on any atom is -0.416 e. The van der Waals surface area contributed by atoms with E-state index in [1.54, 1.807) is 6.92 Å². The quantitative estimate of drug-likeness (QED) is 0.592. The third-order valence-electron chi connectivity index (χ3n) is 1.61. The van der Waals surface area contributed by atoms with Crippen LogP contribution in [-0.2, 0) is 0 Å². The summed E-state index contributed by atoms with van der Waals surface area (Å²) in [6.45, 7) is 1.69. The van der Waals surface area contributed by atoms with Crippen molar-refractivity contribution in [3.8, 4) is 0 Å². The van der Waals surface area contributed by atoms with E-state index in [1.807, 2.05) is 0 Å². The van der Waals surface area contributed by atoms with Crippen LogP contribution in [0, 0.1) is 12.3 Å². The first-order chi connectivity index (χ1) is 7.66. The third kappa shape index (κ3) is 2.16. The van der Waals surface area contributed by atoms with Crippen LogP contribution >= 0.6 is 11.8 Å². The second-order valence-electron chi connectivity index (χ2n) is 2.81. The van der Waals surface area contributed by atoms with Crippen LogP contribution in [0.15, 0.2) is 27.1 Å². The number of rotatable bonds is 3. The SMILES string of the molecule is Cc1nnc(Sc2nccnc2C(=N)N)o1. The van der Waals surface area contributed by atoms with Gasteiger partial charge in [-0.2, -0.15) is 0 Å². The lowest BCUT2D eigenvalue weighted by atomic mass is 10.4. The molecule has 0 saturated carbocycles. The molecule has 82 valence electrons. The molecule has 0 unspecified atom stereocenters. The lowest BCUT2D eigenvalue weighted by molar-refractivity contribution is 0.429. The maximum atomic E-state index is 7.34. The zero-order chi connectivity index (χ0) is 11.5. The molecule has 0 aliphatic rings. The van der Waals surface area contributed by atoms with E-state index in [4.69, 9.17) is 15.6 Å². The Morgan fingerprint density at radius 2 is 2.12 bits per heavy atom. The van der Waals surface area contributed by atoms with Crippen LogP contribution in [0.4, 0.5) is 0 Å². The van der Waals surface area contributed by atoms with Gasteiger partial charge in [-0.15, -0.1) is 10.2 Å². The van der Waals surface area contributed by atoms with Crippen LogP contribution in [0.2, 0.25) is 0 Å². The molecule has 0 fully saturated rings. The van der Waals surface area contributed by atoms with Gasteiger partial charge in [-0.05, 0) is 11.8 Å². The predicted molar refractivity (Wildman–Crippen MR) is 56.2 cm³/mol. The molecule has 3 N–H and O–H groups in total. The van der Waals surface area contributed by atoms with Crippen molar-refractivity contribution in [2.75, 3.05) is 0 Å². The fourth-order valence-corrected chi connectivity index (χ4v) is 1.77.